The lowest BCUT2D eigenvalue weighted by molar-refractivity contribution is -0.141. The van der Waals surface area contributed by atoms with Gasteiger partial charge in [-0.2, -0.15) is 5.26 Å². The molecule has 3 rings (SSSR count). The fourth-order valence-corrected chi connectivity index (χ4v) is 3.72. The molecule has 1 amide bonds. The Kier molecular flexibility index (Phi) is 4.76. The molecule has 1 fully saturated rings. The Morgan fingerprint density at radius 1 is 1.36 bits per heavy atom. The average molecular weight is 359 g/mol. The monoisotopic (exact) mass is 359 g/mol. The Morgan fingerprint density at radius 3 is 2.76 bits per heavy atom. The molecule has 0 bridgehead atoms. The highest BCUT2D eigenvalue weighted by molar-refractivity contribution is 7.16. The van der Waals surface area contributed by atoms with Gasteiger partial charge in [0.1, 0.15) is 22.5 Å². The lowest BCUT2D eigenvalue weighted by Crippen LogP contribution is -2.21. The van der Waals surface area contributed by atoms with E-state index in [1.807, 2.05) is 6.07 Å². The molecule has 1 aromatic heterocycles. The van der Waals surface area contributed by atoms with E-state index >= 15 is 0 Å². The molecule has 128 valence electrons. The van der Waals surface area contributed by atoms with Crippen LogP contribution in [0, 0.1) is 29.0 Å². The summed E-state index contributed by atoms with van der Waals surface area (Å²) in [6, 6.07) is 7.73. The summed E-state index contributed by atoms with van der Waals surface area (Å²) in [5.74, 6) is -2.50. The van der Waals surface area contributed by atoms with E-state index in [4.69, 9.17) is 5.11 Å². The highest BCUT2D eigenvalue weighted by Crippen LogP contribution is 2.34. The number of rotatable bonds is 4. The van der Waals surface area contributed by atoms with E-state index in [2.05, 4.69) is 10.3 Å². The number of amides is 1. The SMILES string of the molecule is N#Cc1sc(NC(=O)C2CCC(C(=O)O)C2)nc1-c1cccc(F)c1. The summed E-state index contributed by atoms with van der Waals surface area (Å²) in [4.78, 5) is 27.8. The summed E-state index contributed by atoms with van der Waals surface area (Å²) in [5, 5.41) is 21.2. The minimum absolute atomic E-state index is 0.250. The Labute approximate surface area is 146 Å². The van der Waals surface area contributed by atoms with Crippen molar-refractivity contribution in [3.05, 3.63) is 35.0 Å². The molecule has 6 nitrogen and oxygen atoms in total. The molecule has 2 N–H and O–H groups in total. The van der Waals surface area contributed by atoms with Gasteiger partial charge in [0.05, 0.1) is 5.92 Å². The fourth-order valence-electron chi connectivity index (χ4n) is 2.93. The van der Waals surface area contributed by atoms with Gasteiger partial charge in [-0.05, 0) is 31.4 Å². The van der Waals surface area contributed by atoms with Crippen molar-refractivity contribution in [3.63, 3.8) is 0 Å². The number of hydrogen-bond acceptors (Lipinski definition) is 5. The number of anilines is 1. The van der Waals surface area contributed by atoms with E-state index in [0.29, 0.717) is 30.5 Å². The fraction of sp³-hybridized carbons (Fsp3) is 0.294. The smallest absolute Gasteiger partial charge is 0.306 e. The van der Waals surface area contributed by atoms with Crippen LogP contribution in [0.25, 0.3) is 11.3 Å². The van der Waals surface area contributed by atoms with Crippen LogP contribution in [0.15, 0.2) is 24.3 Å². The minimum Gasteiger partial charge on any atom is -0.481 e. The van der Waals surface area contributed by atoms with Crippen molar-refractivity contribution in [3.8, 4) is 17.3 Å². The maximum absolute atomic E-state index is 13.4. The van der Waals surface area contributed by atoms with E-state index in [0.717, 1.165) is 11.3 Å². The second-order valence-electron chi connectivity index (χ2n) is 5.85. The van der Waals surface area contributed by atoms with Gasteiger partial charge in [-0.3, -0.25) is 9.59 Å². The molecule has 1 aliphatic rings. The number of carbonyl (C=O) groups excluding carboxylic acids is 1. The summed E-state index contributed by atoms with van der Waals surface area (Å²) in [6.45, 7) is 0. The van der Waals surface area contributed by atoms with E-state index in [9.17, 15) is 19.2 Å². The highest BCUT2D eigenvalue weighted by atomic mass is 32.1. The Hall–Kier alpha value is -2.79. The predicted molar refractivity (Wildman–Crippen MR) is 89.3 cm³/mol. The van der Waals surface area contributed by atoms with Crippen molar-refractivity contribution in [2.75, 3.05) is 5.32 Å². The second-order valence-corrected chi connectivity index (χ2v) is 6.85. The van der Waals surface area contributed by atoms with Gasteiger partial charge in [-0.25, -0.2) is 9.37 Å². The summed E-state index contributed by atoms with van der Waals surface area (Å²) >= 11 is 1.01. The topological polar surface area (TPSA) is 103 Å². The van der Waals surface area contributed by atoms with Gasteiger partial charge in [0, 0.05) is 11.5 Å². The third-order valence-electron chi connectivity index (χ3n) is 4.21. The Bertz CT molecular complexity index is 874. The number of benzene rings is 1. The van der Waals surface area contributed by atoms with Gasteiger partial charge < -0.3 is 10.4 Å². The molecule has 8 heteroatoms. The number of carboxylic acids is 1. The van der Waals surface area contributed by atoms with Crippen molar-refractivity contribution >= 4 is 28.3 Å². The molecular weight excluding hydrogens is 345 g/mol. The molecule has 0 aliphatic heterocycles. The van der Waals surface area contributed by atoms with Crippen molar-refractivity contribution < 1.29 is 19.1 Å². The van der Waals surface area contributed by atoms with Crippen molar-refractivity contribution in [1.29, 1.82) is 5.26 Å². The standard InChI is InChI=1S/C17H14FN3O3S/c18-12-3-1-2-9(7-12)14-13(8-19)25-17(20-14)21-15(22)10-4-5-11(6-10)16(23)24/h1-3,7,10-11H,4-6H2,(H,23,24)(H,20,21,22). The van der Waals surface area contributed by atoms with Gasteiger partial charge >= 0.3 is 5.97 Å². The third-order valence-corrected chi connectivity index (χ3v) is 5.09. The summed E-state index contributed by atoms with van der Waals surface area (Å²) in [7, 11) is 0. The number of carboxylic acid groups (broad SMARTS) is 1. The number of halogens is 1. The van der Waals surface area contributed by atoms with E-state index < -0.39 is 17.7 Å². The third kappa shape index (κ3) is 3.67. The normalized spacial score (nSPS) is 19.4. The molecule has 0 saturated heterocycles. The first-order chi connectivity index (χ1) is 12.0. The van der Waals surface area contributed by atoms with Gasteiger partial charge in [0.2, 0.25) is 5.91 Å². The lowest BCUT2D eigenvalue weighted by atomic mass is 10.0. The average Bonchev–Trinajstić information content (AvgIpc) is 3.21. The number of nitrogens with one attached hydrogen (secondary N) is 1. The van der Waals surface area contributed by atoms with E-state index in [1.165, 1.54) is 18.2 Å². The Morgan fingerprint density at radius 2 is 2.12 bits per heavy atom. The van der Waals surface area contributed by atoms with E-state index in [1.54, 1.807) is 6.07 Å². The van der Waals surface area contributed by atoms with Crippen LogP contribution in [0.4, 0.5) is 9.52 Å². The molecule has 2 atom stereocenters. The van der Waals surface area contributed by atoms with Crippen molar-refractivity contribution in [2.45, 2.75) is 19.3 Å². The number of nitrogens with zero attached hydrogens (tertiary/aromatic N) is 2. The number of aliphatic carboxylic acids is 1. The number of carbonyl (C=O) groups is 2. The van der Waals surface area contributed by atoms with Crippen LogP contribution >= 0.6 is 11.3 Å². The van der Waals surface area contributed by atoms with Crippen LogP contribution in [0.5, 0.6) is 0 Å². The molecule has 1 aliphatic carbocycles. The molecular formula is C17H14FN3O3S. The first kappa shape index (κ1) is 17.0. The minimum atomic E-state index is -0.885. The first-order valence-electron chi connectivity index (χ1n) is 7.68. The molecule has 25 heavy (non-hydrogen) atoms. The largest absolute Gasteiger partial charge is 0.481 e. The van der Waals surface area contributed by atoms with Crippen LogP contribution in [-0.4, -0.2) is 22.0 Å². The Balaban J connectivity index is 1.77. The molecule has 1 saturated carbocycles. The first-order valence-corrected chi connectivity index (χ1v) is 8.50. The summed E-state index contributed by atoms with van der Waals surface area (Å²) in [6.07, 6.45) is 1.29. The molecule has 0 radical (unpaired) electrons. The maximum Gasteiger partial charge on any atom is 0.306 e. The number of hydrogen-bond donors (Lipinski definition) is 2. The van der Waals surface area contributed by atoms with Gasteiger partial charge in [-0.1, -0.05) is 23.5 Å². The van der Waals surface area contributed by atoms with Crippen LogP contribution in [0.2, 0.25) is 0 Å². The second kappa shape index (κ2) is 6.99. The number of aromatic nitrogens is 1. The number of nitriles is 1. The molecule has 1 heterocycles. The highest BCUT2D eigenvalue weighted by Gasteiger charge is 2.34. The zero-order valence-electron chi connectivity index (χ0n) is 13.0. The summed E-state index contributed by atoms with van der Waals surface area (Å²) in [5.41, 5.74) is 0.775. The van der Waals surface area contributed by atoms with E-state index in [-0.39, 0.29) is 21.8 Å². The zero-order chi connectivity index (χ0) is 18.0. The van der Waals surface area contributed by atoms with Crippen LogP contribution in [0.1, 0.15) is 24.1 Å². The predicted octanol–water partition coefficient (Wildman–Crippen LogP) is 3.26. The molecule has 2 unspecified atom stereocenters. The van der Waals surface area contributed by atoms with Crippen LogP contribution in [-0.2, 0) is 9.59 Å². The van der Waals surface area contributed by atoms with Gasteiger partial charge in [0.25, 0.3) is 0 Å². The molecule has 0 spiro atoms. The van der Waals surface area contributed by atoms with Gasteiger partial charge in [0.15, 0.2) is 5.13 Å². The zero-order valence-corrected chi connectivity index (χ0v) is 13.8. The molecule has 1 aromatic carbocycles. The maximum atomic E-state index is 13.4. The molecule has 2 aromatic rings. The van der Waals surface area contributed by atoms with Crippen LogP contribution < -0.4 is 5.32 Å². The van der Waals surface area contributed by atoms with Crippen molar-refractivity contribution in [2.24, 2.45) is 11.8 Å². The van der Waals surface area contributed by atoms with Crippen LogP contribution in [0.3, 0.4) is 0 Å². The number of thiazole rings is 1. The summed E-state index contributed by atoms with van der Waals surface area (Å²) < 4.78 is 13.4. The lowest BCUT2D eigenvalue weighted by Gasteiger charge is -2.08. The van der Waals surface area contributed by atoms with Crippen molar-refractivity contribution in [1.82, 2.24) is 4.98 Å². The quantitative estimate of drug-likeness (QED) is 0.872. The van der Waals surface area contributed by atoms with Gasteiger partial charge in [-0.15, -0.1) is 0 Å².